The molecule has 1 saturated heterocycles. The van der Waals surface area contributed by atoms with Gasteiger partial charge >= 0.3 is 6.09 Å². The predicted octanol–water partition coefficient (Wildman–Crippen LogP) is 2.81. The van der Waals surface area contributed by atoms with E-state index in [2.05, 4.69) is 27.5 Å². The zero-order valence-corrected chi connectivity index (χ0v) is 19.0. The Balaban J connectivity index is 0.000000739. The zero-order valence-electron chi connectivity index (χ0n) is 19.0. The van der Waals surface area contributed by atoms with Crippen molar-refractivity contribution in [3.05, 3.63) is 53.8 Å². The number of ether oxygens (including phenoxy) is 1. The summed E-state index contributed by atoms with van der Waals surface area (Å²) in [5, 5.41) is 16.5. The van der Waals surface area contributed by atoms with Crippen molar-refractivity contribution < 1.29 is 28.7 Å². The summed E-state index contributed by atoms with van der Waals surface area (Å²) in [6.07, 6.45) is -0.744. The molecule has 0 aromatic heterocycles. The molecule has 3 amide bonds. The Kier molecular flexibility index (Phi) is 9.24. The van der Waals surface area contributed by atoms with Crippen LogP contribution in [0.25, 0.3) is 11.1 Å². The molecule has 2 aromatic carbocycles. The molecule has 0 spiro atoms. The summed E-state index contributed by atoms with van der Waals surface area (Å²) in [6, 6.07) is 10.8. The molecule has 3 N–H and O–H groups in total. The first kappa shape index (κ1) is 26.0. The van der Waals surface area contributed by atoms with Crippen LogP contribution in [0.1, 0.15) is 24.2 Å². The third-order valence-electron chi connectivity index (χ3n) is 4.74. The van der Waals surface area contributed by atoms with Crippen molar-refractivity contribution in [1.29, 1.82) is 0 Å². The number of benzene rings is 2. The lowest BCUT2D eigenvalue weighted by Gasteiger charge is -2.14. The fourth-order valence-corrected chi connectivity index (χ4v) is 2.91. The van der Waals surface area contributed by atoms with Crippen LogP contribution < -0.4 is 15.5 Å². The summed E-state index contributed by atoms with van der Waals surface area (Å²) in [5.74, 6) is -0.912. The summed E-state index contributed by atoms with van der Waals surface area (Å²) < 4.78 is 19.7. The van der Waals surface area contributed by atoms with Gasteiger partial charge in [0.15, 0.2) is 5.84 Å². The van der Waals surface area contributed by atoms with Crippen LogP contribution in [0.15, 0.2) is 52.6 Å². The number of hydrogen-bond acceptors (Lipinski definition) is 6. The van der Waals surface area contributed by atoms with Crippen molar-refractivity contribution in [2.45, 2.75) is 20.0 Å². The first-order valence-electron chi connectivity index (χ1n) is 10.2. The molecule has 180 valence electrons. The Labute approximate surface area is 196 Å². The Morgan fingerprint density at radius 2 is 1.91 bits per heavy atom. The van der Waals surface area contributed by atoms with E-state index in [0.29, 0.717) is 28.9 Å². The lowest BCUT2D eigenvalue weighted by Crippen LogP contribution is -2.28. The maximum Gasteiger partial charge on any atom is 0.414 e. The number of amidine groups is 1. The molecule has 1 heterocycles. The lowest BCUT2D eigenvalue weighted by atomic mass is 10.0. The number of carbonyl (C=O) groups is 3. The number of carbonyl (C=O) groups excluding carboxylic acids is 3. The van der Waals surface area contributed by atoms with Gasteiger partial charge in [-0.1, -0.05) is 17.3 Å². The quantitative estimate of drug-likeness (QED) is 0.267. The highest BCUT2D eigenvalue weighted by molar-refractivity contribution is 5.98. The van der Waals surface area contributed by atoms with Gasteiger partial charge in [0.25, 0.3) is 5.91 Å². The fourth-order valence-electron chi connectivity index (χ4n) is 2.91. The van der Waals surface area contributed by atoms with Crippen LogP contribution >= 0.6 is 0 Å². The largest absolute Gasteiger partial charge is 0.444 e. The van der Waals surface area contributed by atoms with E-state index in [0.717, 1.165) is 0 Å². The second-order valence-corrected chi connectivity index (χ2v) is 7.21. The molecule has 2 aromatic rings. The van der Waals surface area contributed by atoms with Crippen LogP contribution in [0.3, 0.4) is 0 Å². The van der Waals surface area contributed by atoms with Crippen molar-refractivity contribution in [2.75, 3.05) is 25.0 Å². The van der Waals surface area contributed by atoms with Gasteiger partial charge in [-0.3, -0.25) is 14.5 Å². The van der Waals surface area contributed by atoms with E-state index in [1.165, 1.54) is 17.9 Å². The Hall–Kier alpha value is -4.28. The average molecular weight is 471 g/mol. The number of halogens is 1. The maximum atomic E-state index is 14.6. The van der Waals surface area contributed by atoms with Gasteiger partial charge in [-0.25, -0.2) is 14.2 Å². The maximum absolute atomic E-state index is 14.6. The summed E-state index contributed by atoms with van der Waals surface area (Å²) in [5.41, 5.74) is 1.69. The average Bonchev–Trinajstić information content (AvgIpc) is 3.17. The van der Waals surface area contributed by atoms with E-state index in [-0.39, 0.29) is 24.4 Å². The predicted molar refractivity (Wildman–Crippen MR) is 126 cm³/mol. The Bertz CT molecular complexity index is 1090. The highest BCUT2D eigenvalue weighted by atomic mass is 19.1. The van der Waals surface area contributed by atoms with Crippen LogP contribution in [0.2, 0.25) is 0 Å². The van der Waals surface area contributed by atoms with Crippen molar-refractivity contribution in [2.24, 2.45) is 10.1 Å². The monoisotopic (exact) mass is 471 g/mol. The molecule has 1 unspecified atom stereocenters. The topological polar surface area (TPSA) is 133 Å². The number of rotatable bonds is 5. The first-order valence-corrected chi connectivity index (χ1v) is 10.2. The third kappa shape index (κ3) is 6.86. The fraction of sp³-hybridized carbons (Fsp3) is 0.261. The van der Waals surface area contributed by atoms with Crippen LogP contribution in [0.5, 0.6) is 0 Å². The highest BCUT2D eigenvalue weighted by Gasteiger charge is 2.29. The molecule has 1 fully saturated rings. The number of hydrogen-bond donors (Lipinski definition) is 3. The molecule has 10 nitrogen and oxygen atoms in total. The van der Waals surface area contributed by atoms with E-state index in [1.54, 1.807) is 50.4 Å². The zero-order chi connectivity index (χ0) is 25.3. The second kappa shape index (κ2) is 12.1. The van der Waals surface area contributed by atoms with Gasteiger partial charge in [0.05, 0.1) is 18.8 Å². The number of cyclic esters (lactones) is 1. The Morgan fingerprint density at radius 3 is 2.38 bits per heavy atom. The molecule has 1 aliphatic rings. The van der Waals surface area contributed by atoms with Crippen LogP contribution in [-0.4, -0.2) is 61.9 Å². The minimum absolute atomic E-state index is 0.00463. The number of nitrogens with one attached hydrogen (secondary N) is 2. The lowest BCUT2D eigenvalue weighted by molar-refractivity contribution is -0.118. The molecule has 0 radical (unpaired) electrons. The minimum atomic E-state index is -0.499. The summed E-state index contributed by atoms with van der Waals surface area (Å²) >= 11 is 0. The van der Waals surface area contributed by atoms with Crippen LogP contribution in [0.4, 0.5) is 14.9 Å². The normalized spacial score (nSPS) is 15.1. The van der Waals surface area contributed by atoms with Gasteiger partial charge in [0.2, 0.25) is 5.91 Å². The van der Waals surface area contributed by atoms with Crippen molar-refractivity contribution in [1.82, 2.24) is 10.6 Å². The molecule has 0 aliphatic carbocycles. The summed E-state index contributed by atoms with van der Waals surface area (Å²) in [7, 11) is 1.60. The molecule has 1 atom stereocenters. The standard InChI is InChI=1S/C20H19FN4O4.C3H7NO/c1-12-11-25(20(27)29-12)15-7-8-16(17(21)9-15)13-3-5-14(6-4-13)19(26)23-10-18(22-2)24-28;1-3(5)4-2/h3-9,12,28H,2,10-11H2,1H3,(H,23,26);1-2H3,(H,4,5)/b24-18-;. The van der Waals surface area contributed by atoms with Crippen LogP contribution in [-0.2, 0) is 9.53 Å². The molecule has 0 saturated carbocycles. The van der Waals surface area contributed by atoms with E-state index in [1.807, 2.05) is 0 Å². The van der Waals surface area contributed by atoms with E-state index >= 15 is 0 Å². The van der Waals surface area contributed by atoms with Gasteiger partial charge in [-0.15, -0.1) is 0 Å². The van der Waals surface area contributed by atoms with Crippen molar-refractivity contribution in [3.63, 3.8) is 0 Å². The first-order chi connectivity index (χ1) is 16.2. The highest BCUT2D eigenvalue weighted by Crippen LogP contribution is 2.29. The Morgan fingerprint density at radius 1 is 1.26 bits per heavy atom. The second-order valence-electron chi connectivity index (χ2n) is 7.21. The van der Waals surface area contributed by atoms with Crippen molar-refractivity contribution >= 4 is 36.1 Å². The van der Waals surface area contributed by atoms with Gasteiger partial charge in [-0.05, 0) is 49.5 Å². The van der Waals surface area contributed by atoms with E-state index in [9.17, 15) is 18.8 Å². The minimum Gasteiger partial charge on any atom is -0.444 e. The number of aliphatic imine (C=N–C) groups is 1. The molecule has 11 heteroatoms. The molecule has 34 heavy (non-hydrogen) atoms. The summed E-state index contributed by atoms with van der Waals surface area (Å²) in [6.45, 7) is 6.75. The number of anilines is 1. The number of oxime groups is 1. The molecule has 0 bridgehead atoms. The smallest absolute Gasteiger partial charge is 0.414 e. The summed E-state index contributed by atoms with van der Waals surface area (Å²) in [4.78, 5) is 38.4. The van der Waals surface area contributed by atoms with Gasteiger partial charge in [0, 0.05) is 25.1 Å². The third-order valence-corrected chi connectivity index (χ3v) is 4.74. The van der Waals surface area contributed by atoms with Gasteiger partial charge < -0.3 is 20.6 Å². The van der Waals surface area contributed by atoms with Crippen molar-refractivity contribution in [3.8, 4) is 11.1 Å². The molecule has 1 aliphatic heterocycles. The van der Waals surface area contributed by atoms with Gasteiger partial charge in [-0.2, -0.15) is 0 Å². The van der Waals surface area contributed by atoms with E-state index < -0.39 is 17.8 Å². The number of amides is 3. The van der Waals surface area contributed by atoms with Crippen LogP contribution in [0, 0.1) is 5.82 Å². The van der Waals surface area contributed by atoms with Gasteiger partial charge in [0.1, 0.15) is 11.9 Å². The number of nitrogens with zero attached hydrogens (tertiary/aromatic N) is 3. The molecular weight excluding hydrogens is 445 g/mol. The molecular formula is C23H26FN5O5. The molecule has 3 rings (SSSR count). The SMILES string of the molecule is C=N/C(CNC(=O)c1ccc(-c2ccc(N3CC(C)OC3=O)cc2F)cc1)=N\O.CNC(C)=O. The van der Waals surface area contributed by atoms with E-state index in [4.69, 9.17) is 9.94 Å².